The van der Waals surface area contributed by atoms with Gasteiger partial charge in [0.2, 0.25) is 11.8 Å². The molecule has 0 aromatic carbocycles. The first-order valence-electron chi connectivity index (χ1n) is 25.5. The average Bonchev–Trinajstić information content (AvgIpc) is 3.04. The number of carbonyl (C=O) groups excluding carboxylic acids is 2. The molecule has 0 unspecified atom stereocenters. The zero-order valence-electron chi connectivity index (χ0n) is 44.1. The van der Waals surface area contributed by atoms with Crippen LogP contribution in [-0.4, -0.2) is 139 Å². The largest absolute Gasteiger partial charge is 0.340 e. The van der Waals surface area contributed by atoms with E-state index in [9.17, 15) is 4.79 Å². The van der Waals surface area contributed by atoms with Crippen LogP contribution in [0.2, 0.25) is 0 Å². The lowest BCUT2D eigenvalue weighted by atomic mass is 9.78. The van der Waals surface area contributed by atoms with Crippen LogP contribution in [0, 0.1) is 0 Å². The topological polar surface area (TPSA) is 95.2 Å². The molecule has 62 heavy (non-hydrogen) atoms. The van der Waals surface area contributed by atoms with Gasteiger partial charge >= 0.3 is 0 Å². The van der Waals surface area contributed by atoms with Crippen molar-refractivity contribution >= 4 is 11.8 Å². The smallest absolute Gasteiger partial charge is 0.237 e. The number of piperidine rings is 4. The molecule has 4 heterocycles. The van der Waals surface area contributed by atoms with Gasteiger partial charge in [-0.15, -0.1) is 0 Å². The lowest BCUT2D eigenvalue weighted by Crippen LogP contribution is -2.64. The van der Waals surface area contributed by atoms with Crippen molar-refractivity contribution in [2.75, 3.05) is 39.3 Å². The van der Waals surface area contributed by atoms with Gasteiger partial charge in [0, 0.05) is 88.0 Å². The molecule has 362 valence electrons. The fourth-order valence-electron chi connectivity index (χ4n) is 13.9. The van der Waals surface area contributed by atoms with Crippen molar-refractivity contribution in [3.8, 4) is 0 Å². The lowest BCUT2D eigenvalue weighted by Gasteiger charge is -2.51. The summed E-state index contributed by atoms with van der Waals surface area (Å²) >= 11 is 0. The Labute approximate surface area is 383 Å². The van der Waals surface area contributed by atoms with E-state index in [-0.39, 0.29) is 62.3 Å². The fourth-order valence-corrected chi connectivity index (χ4v) is 13.9. The molecule has 0 spiro atoms. The van der Waals surface area contributed by atoms with Gasteiger partial charge in [-0.05, 0) is 214 Å². The van der Waals surface area contributed by atoms with Gasteiger partial charge in [-0.2, -0.15) is 0 Å². The Morgan fingerprint density at radius 2 is 0.661 bits per heavy atom. The van der Waals surface area contributed by atoms with E-state index in [1.807, 2.05) is 6.92 Å². The number of hydrogen-bond acceptors (Lipinski definition) is 8. The number of rotatable bonds is 19. The molecule has 4 N–H and O–H groups in total. The molecule has 0 radical (unpaired) electrons. The highest BCUT2D eigenvalue weighted by molar-refractivity contribution is 5.79. The molecule has 0 aliphatic carbocycles. The van der Waals surface area contributed by atoms with Crippen LogP contribution in [0.3, 0.4) is 0 Å². The minimum absolute atomic E-state index is 0.00317. The highest BCUT2D eigenvalue weighted by Crippen LogP contribution is 2.36. The van der Waals surface area contributed by atoms with Crippen molar-refractivity contribution in [1.82, 2.24) is 40.9 Å². The summed E-state index contributed by atoms with van der Waals surface area (Å²) in [6.45, 7) is 46.7. The molecule has 10 nitrogen and oxygen atoms in total. The summed E-state index contributed by atoms with van der Waals surface area (Å²) in [6, 6.07) is 1.36. The van der Waals surface area contributed by atoms with Crippen LogP contribution >= 0.6 is 0 Å². The van der Waals surface area contributed by atoms with E-state index in [2.05, 4.69) is 159 Å². The van der Waals surface area contributed by atoms with E-state index in [1.54, 1.807) is 0 Å². The predicted molar refractivity (Wildman–Crippen MR) is 263 cm³/mol. The SMILES string of the molecule is CCC(=O)N(CCCCCN(C(=O)CN(CCCCN(CC)C1CC(C)(C)NC(C)(C)C1)C1CC(C)(C)NC(C)(C)C1)C1CC(C)(C)NC(C)(C)C1)C1CC(C)(C)NC(C)(C)C1. The Kier molecular flexibility index (Phi) is 17.4. The molecule has 4 aliphatic rings. The molecule has 0 bridgehead atoms. The summed E-state index contributed by atoms with van der Waals surface area (Å²) in [4.78, 5) is 38.5. The van der Waals surface area contributed by atoms with Gasteiger partial charge in [0.25, 0.3) is 0 Å². The number of hydrogen-bond donors (Lipinski definition) is 4. The second-order valence-corrected chi connectivity index (χ2v) is 26.2. The summed E-state index contributed by atoms with van der Waals surface area (Å²) in [6.07, 6.45) is 14.0. The Morgan fingerprint density at radius 3 is 0.984 bits per heavy atom. The normalized spacial score (nSPS) is 25.8. The molecule has 0 aromatic heterocycles. The maximum absolute atomic E-state index is 15.2. The second kappa shape index (κ2) is 20.3. The highest BCUT2D eigenvalue weighted by atomic mass is 16.2. The van der Waals surface area contributed by atoms with Gasteiger partial charge in [0.15, 0.2) is 0 Å². The molecule has 0 saturated carbocycles. The third-order valence-electron chi connectivity index (χ3n) is 14.7. The first-order chi connectivity index (χ1) is 28.3. The Balaban J connectivity index is 1.50. The predicted octanol–water partition coefficient (Wildman–Crippen LogP) is 8.86. The molecule has 4 fully saturated rings. The highest BCUT2D eigenvalue weighted by Gasteiger charge is 2.45. The van der Waals surface area contributed by atoms with E-state index >= 15 is 4.79 Å². The minimum Gasteiger partial charge on any atom is -0.340 e. The lowest BCUT2D eigenvalue weighted by molar-refractivity contribution is -0.138. The first-order valence-corrected chi connectivity index (χ1v) is 25.5. The van der Waals surface area contributed by atoms with Crippen molar-refractivity contribution in [3.63, 3.8) is 0 Å². The van der Waals surface area contributed by atoms with Crippen molar-refractivity contribution in [2.24, 2.45) is 0 Å². The van der Waals surface area contributed by atoms with Crippen LogP contribution in [-0.2, 0) is 9.59 Å². The molecular weight excluding hydrogens is 769 g/mol. The number of carbonyl (C=O) groups is 2. The first kappa shape index (κ1) is 53.3. The van der Waals surface area contributed by atoms with Crippen molar-refractivity contribution < 1.29 is 9.59 Å². The zero-order chi connectivity index (χ0) is 46.7. The number of nitrogens with one attached hydrogen (secondary N) is 4. The fraction of sp³-hybridized carbons (Fsp3) is 0.962. The summed E-state index contributed by atoms with van der Waals surface area (Å²) in [5.41, 5.74) is 0.110. The van der Waals surface area contributed by atoms with Crippen LogP contribution < -0.4 is 21.3 Å². The van der Waals surface area contributed by atoms with Gasteiger partial charge in [0.1, 0.15) is 0 Å². The van der Waals surface area contributed by atoms with Gasteiger partial charge in [-0.25, -0.2) is 0 Å². The van der Waals surface area contributed by atoms with E-state index in [0.29, 0.717) is 31.0 Å². The van der Waals surface area contributed by atoms with Gasteiger partial charge < -0.3 is 36.0 Å². The Hall–Kier alpha value is -1.30. The van der Waals surface area contributed by atoms with Crippen LogP contribution in [0.15, 0.2) is 0 Å². The standard InChI is InChI=1S/C52H102N8O2/c1-19-43(61)59(41-34-49(11,12)55-50(13,14)35-41)28-22-21-23-29-60(42-36-51(15,16)56-52(17,18)37-42)44(62)38-58(40-32-47(7,8)54-48(9,10)33-40)27-25-24-26-57(20-2)39-30-45(3,4)53-46(5,6)31-39/h39-42,53-56H,19-38H2,1-18H3. The van der Waals surface area contributed by atoms with Crippen LogP contribution in [0.5, 0.6) is 0 Å². The third kappa shape index (κ3) is 16.2. The Bertz CT molecular complexity index is 1400. The van der Waals surface area contributed by atoms with E-state index in [0.717, 1.165) is 103 Å². The monoisotopic (exact) mass is 871 g/mol. The maximum Gasteiger partial charge on any atom is 0.237 e. The van der Waals surface area contributed by atoms with E-state index < -0.39 is 0 Å². The van der Waals surface area contributed by atoms with Crippen molar-refractivity contribution in [3.05, 3.63) is 0 Å². The van der Waals surface area contributed by atoms with E-state index in [1.165, 1.54) is 12.8 Å². The molecule has 4 aliphatic heterocycles. The Morgan fingerprint density at radius 1 is 0.387 bits per heavy atom. The van der Waals surface area contributed by atoms with Crippen molar-refractivity contribution in [2.45, 2.75) is 283 Å². The maximum atomic E-state index is 15.2. The molecule has 4 saturated heterocycles. The zero-order valence-corrected chi connectivity index (χ0v) is 44.1. The number of unbranched alkanes of at least 4 members (excludes halogenated alkanes) is 3. The molecule has 0 aromatic rings. The second-order valence-electron chi connectivity index (χ2n) is 26.2. The average molecular weight is 871 g/mol. The van der Waals surface area contributed by atoms with Crippen LogP contribution in [0.1, 0.15) is 215 Å². The van der Waals surface area contributed by atoms with Gasteiger partial charge in [-0.3, -0.25) is 14.5 Å². The molecular formula is C52H102N8O2. The van der Waals surface area contributed by atoms with Gasteiger partial charge in [0.05, 0.1) is 6.54 Å². The molecule has 0 atom stereocenters. The summed E-state index contributed by atoms with van der Waals surface area (Å²) < 4.78 is 0. The van der Waals surface area contributed by atoms with E-state index in [4.69, 9.17) is 0 Å². The summed E-state index contributed by atoms with van der Waals surface area (Å²) in [5, 5.41) is 15.5. The molecule has 4 rings (SSSR count). The quantitative estimate of drug-likeness (QED) is 0.0958. The van der Waals surface area contributed by atoms with Crippen LogP contribution in [0.25, 0.3) is 0 Å². The van der Waals surface area contributed by atoms with Crippen molar-refractivity contribution in [1.29, 1.82) is 0 Å². The summed E-state index contributed by atoms with van der Waals surface area (Å²) in [5.74, 6) is 0.569. The number of amides is 2. The third-order valence-corrected chi connectivity index (χ3v) is 14.7. The summed E-state index contributed by atoms with van der Waals surface area (Å²) in [7, 11) is 0. The number of nitrogens with zero attached hydrogens (tertiary/aromatic N) is 4. The van der Waals surface area contributed by atoms with Crippen LogP contribution in [0.4, 0.5) is 0 Å². The van der Waals surface area contributed by atoms with Gasteiger partial charge in [-0.1, -0.05) is 13.8 Å². The molecule has 10 heteroatoms. The minimum atomic E-state index is -0.0604. The molecule has 2 amide bonds.